The minimum Gasteiger partial charge on any atom is -0.489 e. The van der Waals surface area contributed by atoms with Crippen molar-refractivity contribution in [2.45, 2.75) is 20.3 Å². The van der Waals surface area contributed by atoms with Gasteiger partial charge in [0.15, 0.2) is 0 Å². The van der Waals surface area contributed by atoms with E-state index < -0.39 is 5.91 Å². The van der Waals surface area contributed by atoms with Crippen molar-refractivity contribution in [3.05, 3.63) is 46.4 Å². The van der Waals surface area contributed by atoms with Crippen LogP contribution in [0.4, 0.5) is 0 Å². The zero-order chi connectivity index (χ0) is 12.7. The number of rotatable bonds is 5. The highest BCUT2D eigenvalue weighted by Crippen LogP contribution is 2.22. The highest BCUT2D eigenvalue weighted by Gasteiger charge is 2.12. The number of hydrogen-bond acceptors (Lipinski definition) is 3. The van der Waals surface area contributed by atoms with Gasteiger partial charge in [-0.3, -0.25) is 4.79 Å². The van der Waals surface area contributed by atoms with Crippen LogP contribution in [0.5, 0.6) is 5.75 Å². The van der Waals surface area contributed by atoms with Gasteiger partial charge in [0.1, 0.15) is 12.4 Å². The standard InChI is InChI=1S/C13H15NO3/c1-3-4-5-9-17-12-8-6-7-11(10(12)2)13(15)14-16/h4-8H,3,9H2,1-2H3/b5-4-. The maximum absolute atomic E-state index is 11.2. The summed E-state index contributed by atoms with van der Waals surface area (Å²) in [6.45, 7) is 4.22. The molecule has 0 N–H and O–H groups in total. The molecule has 0 fully saturated rings. The molecule has 90 valence electrons. The molecule has 0 radical (unpaired) electrons. The lowest BCUT2D eigenvalue weighted by atomic mass is 10.1. The highest BCUT2D eigenvalue weighted by molar-refractivity contribution is 5.96. The van der Waals surface area contributed by atoms with Gasteiger partial charge in [-0.25, -0.2) is 0 Å². The summed E-state index contributed by atoms with van der Waals surface area (Å²) in [4.78, 5) is 21.4. The van der Waals surface area contributed by atoms with Crippen LogP contribution in [0.2, 0.25) is 0 Å². The Morgan fingerprint density at radius 3 is 2.82 bits per heavy atom. The minimum atomic E-state index is -0.767. The second-order valence-electron chi connectivity index (χ2n) is 3.52. The molecule has 0 saturated carbocycles. The zero-order valence-electron chi connectivity index (χ0n) is 9.97. The summed E-state index contributed by atoms with van der Waals surface area (Å²) >= 11 is 0. The second kappa shape index (κ2) is 6.58. The van der Waals surface area contributed by atoms with Gasteiger partial charge >= 0.3 is 5.91 Å². The van der Waals surface area contributed by atoms with Gasteiger partial charge < -0.3 is 4.74 Å². The summed E-state index contributed by atoms with van der Waals surface area (Å²) in [6, 6.07) is 4.99. The summed E-state index contributed by atoms with van der Waals surface area (Å²) in [7, 11) is 0. The molecule has 0 aliphatic heterocycles. The summed E-state index contributed by atoms with van der Waals surface area (Å²) in [5, 5.41) is 2.41. The molecule has 0 aromatic heterocycles. The minimum absolute atomic E-state index is 0.289. The fourth-order valence-corrected chi connectivity index (χ4v) is 1.42. The van der Waals surface area contributed by atoms with Gasteiger partial charge in [0.05, 0.1) is 5.56 Å². The van der Waals surface area contributed by atoms with Crippen LogP contribution in [0, 0.1) is 11.8 Å². The largest absolute Gasteiger partial charge is 0.489 e. The monoisotopic (exact) mass is 233 g/mol. The summed E-state index contributed by atoms with van der Waals surface area (Å²) < 4.78 is 5.49. The van der Waals surface area contributed by atoms with Crippen LogP contribution in [0.3, 0.4) is 0 Å². The number of hydrogen-bond donors (Lipinski definition) is 0. The van der Waals surface area contributed by atoms with Gasteiger partial charge in [-0.15, -0.1) is 4.91 Å². The molecule has 0 aliphatic rings. The molecule has 0 unspecified atom stereocenters. The van der Waals surface area contributed by atoms with Gasteiger partial charge in [-0.1, -0.05) is 25.1 Å². The van der Waals surface area contributed by atoms with Crippen LogP contribution >= 0.6 is 0 Å². The van der Waals surface area contributed by atoms with E-state index >= 15 is 0 Å². The molecule has 1 aromatic carbocycles. The molecule has 0 saturated heterocycles. The molecule has 0 heterocycles. The van der Waals surface area contributed by atoms with E-state index in [-0.39, 0.29) is 5.56 Å². The Bertz CT molecular complexity index is 438. The van der Waals surface area contributed by atoms with Crippen molar-refractivity contribution in [1.29, 1.82) is 0 Å². The van der Waals surface area contributed by atoms with Crippen molar-refractivity contribution in [1.82, 2.24) is 0 Å². The molecule has 1 amide bonds. The molecule has 4 nitrogen and oxygen atoms in total. The van der Waals surface area contributed by atoms with Crippen LogP contribution in [-0.4, -0.2) is 12.5 Å². The Morgan fingerprint density at radius 2 is 2.18 bits per heavy atom. The molecule has 4 heteroatoms. The Hall–Kier alpha value is -1.97. The number of allylic oxidation sites excluding steroid dienone is 1. The Balaban J connectivity index is 2.83. The zero-order valence-corrected chi connectivity index (χ0v) is 9.97. The fraction of sp³-hybridized carbons (Fsp3) is 0.308. The van der Waals surface area contributed by atoms with E-state index in [0.29, 0.717) is 17.9 Å². The molecule has 0 spiro atoms. The van der Waals surface area contributed by atoms with Crippen molar-refractivity contribution in [2.24, 2.45) is 5.18 Å². The molecular weight excluding hydrogens is 218 g/mol. The number of carbonyl (C=O) groups is 1. The van der Waals surface area contributed by atoms with E-state index in [0.717, 1.165) is 6.42 Å². The number of ether oxygens (including phenoxy) is 1. The van der Waals surface area contributed by atoms with Crippen LogP contribution in [-0.2, 0) is 0 Å². The van der Waals surface area contributed by atoms with Gasteiger partial charge in [0.2, 0.25) is 0 Å². The van der Waals surface area contributed by atoms with Gasteiger partial charge in [0, 0.05) is 10.7 Å². The lowest BCUT2D eigenvalue weighted by molar-refractivity contribution is 0.0999. The number of benzene rings is 1. The third-order valence-corrected chi connectivity index (χ3v) is 2.33. The van der Waals surface area contributed by atoms with Crippen LogP contribution in [0.1, 0.15) is 29.3 Å². The number of nitrogens with zero attached hydrogens (tertiary/aromatic N) is 1. The first-order chi connectivity index (χ1) is 8.20. The van der Waals surface area contributed by atoms with Gasteiger partial charge in [-0.05, 0) is 25.5 Å². The smallest absolute Gasteiger partial charge is 0.317 e. The average Bonchev–Trinajstić information content (AvgIpc) is 2.35. The van der Waals surface area contributed by atoms with E-state index in [9.17, 15) is 9.70 Å². The summed E-state index contributed by atoms with van der Waals surface area (Å²) in [5.74, 6) is -0.169. The van der Waals surface area contributed by atoms with E-state index in [1.54, 1.807) is 25.1 Å². The molecule has 0 bridgehead atoms. The normalized spacial score (nSPS) is 10.5. The van der Waals surface area contributed by atoms with E-state index in [1.807, 2.05) is 19.1 Å². The first-order valence-electron chi connectivity index (χ1n) is 5.45. The predicted octanol–water partition coefficient (Wildman–Crippen LogP) is 3.25. The molecular formula is C13H15NO3. The maximum atomic E-state index is 11.2. The third-order valence-electron chi connectivity index (χ3n) is 2.33. The van der Waals surface area contributed by atoms with Crippen molar-refractivity contribution in [3.8, 4) is 5.75 Å². The summed E-state index contributed by atoms with van der Waals surface area (Å²) in [6.07, 6.45) is 4.86. The van der Waals surface area contributed by atoms with Crippen molar-refractivity contribution < 1.29 is 9.53 Å². The Kier molecular flexibility index (Phi) is 5.07. The number of nitroso groups, excluding NO2 is 1. The van der Waals surface area contributed by atoms with Crippen LogP contribution < -0.4 is 4.74 Å². The predicted molar refractivity (Wildman–Crippen MR) is 66.2 cm³/mol. The van der Waals surface area contributed by atoms with E-state index in [4.69, 9.17) is 4.74 Å². The second-order valence-corrected chi connectivity index (χ2v) is 3.52. The third kappa shape index (κ3) is 3.52. The van der Waals surface area contributed by atoms with Crippen LogP contribution in [0.15, 0.2) is 35.5 Å². The SMILES string of the molecule is CC/C=C\COc1cccc(C(=O)N=O)c1C. The highest BCUT2D eigenvalue weighted by atomic mass is 16.5. The quantitative estimate of drug-likeness (QED) is 0.579. The lowest BCUT2D eigenvalue weighted by Gasteiger charge is -2.08. The number of amides is 1. The molecule has 0 atom stereocenters. The number of carbonyl (C=O) groups excluding carboxylic acids is 1. The van der Waals surface area contributed by atoms with Gasteiger partial charge in [-0.2, -0.15) is 0 Å². The molecule has 17 heavy (non-hydrogen) atoms. The molecule has 0 aliphatic carbocycles. The van der Waals surface area contributed by atoms with E-state index in [2.05, 4.69) is 5.18 Å². The lowest BCUT2D eigenvalue weighted by Crippen LogP contribution is -2.01. The Morgan fingerprint density at radius 1 is 1.41 bits per heavy atom. The van der Waals surface area contributed by atoms with Crippen LogP contribution in [0.25, 0.3) is 0 Å². The fourth-order valence-electron chi connectivity index (χ4n) is 1.42. The van der Waals surface area contributed by atoms with Crippen molar-refractivity contribution in [2.75, 3.05) is 6.61 Å². The summed E-state index contributed by atoms with van der Waals surface area (Å²) in [5.41, 5.74) is 0.930. The topological polar surface area (TPSA) is 55.7 Å². The Labute approximate surface area is 100 Å². The molecule has 1 rings (SSSR count). The van der Waals surface area contributed by atoms with Gasteiger partial charge in [0.25, 0.3) is 0 Å². The van der Waals surface area contributed by atoms with Crippen molar-refractivity contribution >= 4 is 5.91 Å². The first-order valence-corrected chi connectivity index (χ1v) is 5.45. The van der Waals surface area contributed by atoms with E-state index in [1.165, 1.54) is 0 Å². The average molecular weight is 233 g/mol. The maximum Gasteiger partial charge on any atom is 0.317 e. The molecule has 1 aromatic rings. The first kappa shape index (κ1) is 13.1. The van der Waals surface area contributed by atoms with Crippen molar-refractivity contribution in [3.63, 3.8) is 0 Å².